The number of ether oxygens (including phenoxy) is 1. The molecule has 0 saturated carbocycles. The first kappa shape index (κ1) is 17.9. The van der Waals surface area contributed by atoms with E-state index in [4.69, 9.17) is 14.9 Å². The molecule has 0 fully saturated rings. The lowest BCUT2D eigenvalue weighted by Crippen LogP contribution is -2.03. The van der Waals surface area contributed by atoms with E-state index in [1.807, 2.05) is 0 Å². The molecule has 0 aromatic heterocycles. The Balaban J connectivity index is 0.000000555. The van der Waals surface area contributed by atoms with Crippen LogP contribution < -0.4 is 4.74 Å². The lowest BCUT2D eigenvalue weighted by atomic mass is 10.0. The zero-order valence-electron chi connectivity index (χ0n) is 12.2. The van der Waals surface area contributed by atoms with Crippen LogP contribution >= 0.6 is 0 Å². The number of halogens is 1. The van der Waals surface area contributed by atoms with Crippen molar-refractivity contribution in [2.75, 3.05) is 13.7 Å². The van der Waals surface area contributed by atoms with Gasteiger partial charge in [0.15, 0.2) is 0 Å². The van der Waals surface area contributed by atoms with Gasteiger partial charge in [0, 0.05) is 0 Å². The van der Waals surface area contributed by atoms with Gasteiger partial charge in [0.25, 0.3) is 0 Å². The molecule has 0 heterocycles. The lowest BCUT2D eigenvalue weighted by Gasteiger charge is -2.09. The molecule has 1 unspecified atom stereocenters. The number of aryl methyl sites for hydroxylation is 1. The van der Waals surface area contributed by atoms with E-state index in [0.717, 1.165) is 24.2 Å². The molecule has 0 aliphatic rings. The van der Waals surface area contributed by atoms with Gasteiger partial charge < -0.3 is 14.9 Å². The molecular weight excluding hydrogens is 247 g/mol. The van der Waals surface area contributed by atoms with E-state index in [0.29, 0.717) is 5.92 Å². The molecule has 1 aromatic carbocycles. The standard InChI is InChI=1S/C12H17FO.C3H8O2/c1-9(2)4-5-10-8-11(13)6-7-12(10)14-3;1-3(5)2-4/h6-9H,4-5H2,1-3H3;3-5H,2H2,1H3. The highest BCUT2D eigenvalue weighted by Gasteiger charge is 2.05. The van der Waals surface area contributed by atoms with Crippen LogP contribution in [0.5, 0.6) is 5.75 Å². The highest BCUT2D eigenvalue weighted by Crippen LogP contribution is 2.22. The van der Waals surface area contributed by atoms with Crippen molar-refractivity contribution in [2.45, 2.75) is 39.7 Å². The fourth-order valence-corrected chi connectivity index (χ4v) is 1.39. The van der Waals surface area contributed by atoms with Gasteiger partial charge in [-0.3, -0.25) is 0 Å². The summed E-state index contributed by atoms with van der Waals surface area (Å²) in [5, 5.41) is 16.0. The minimum atomic E-state index is -0.560. The maximum atomic E-state index is 13.0. The number of aliphatic hydroxyl groups is 2. The Morgan fingerprint density at radius 3 is 2.26 bits per heavy atom. The van der Waals surface area contributed by atoms with E-state index in [2.05, 4.69) is 13.8 Å². The molecule has 1 rings (SSSR count). The molecule has 0 saturated heterocycles. The van der Waals surface area contributed by atoms with E-state index < -0.39 is 6.10 Å². The molecule has 0 bridgehead atoms. The van der Waals surface area contributed by atoms with Gasteiger partial charge in [-0.25, -0.2) is 4.39 Å². The molecule has 19 heavy (non-hydrogen) atoms. The molecular formula is C15H25FO3. The Kier molecular flexibility index (Phi) is 9.17. The maximum absolute atomic E-state index is 13.0. The zero-order valence-corrected chi connectivity index (χ0v) is 12.2. The van der Waals surface area contributed by atoms with Crippen LogP contribution in [0.3, 0.4) is 0 Å². The molecule has 4 heteroatoms. The SMILES string of the molecule is CC(O)CO.COc1ccc(F)cc1CCC(C)C. The summed E-state index contributed by atoms with van der Waals surface area (Å²) in [7, 11) is 1.62. The minimum absolute atomic E-state index is 0.139. The van der Waals surface area contributed by atoms with Crippen molar-refractivity contribution in [2.24, 2.45) is 5.92 Å². The number of rotatable bonds is 5. The summed E-state index contributed by atoms with van der Waals surface area (Å²) in [6.07, 6.45) is 1.37. The zero-order chi connectivity index (χ0) is 14.8. The Bertz CT molecular complexity index is 351. The third-order valence-electron chi connectivity index (χ3n) is 2.50. The molecule has 0 radical (unpaired) electrons. The molecule has 3 nitrogen and oxygen atoms in total. The predicted octanol–water partition coefficient (Wildman–Crippen LogP) is 2.78. The van der Waals surface area contributed by atoms with E-state index in [1.54, 1.807) is 19.2 Å². The van der Waals surface area contributed by atoms with Gasteiger partial charge in [0.05, 0.1) is 19.8 Å². The summed E-state index contributed by atoms with van der Waals surface area (Å²) < 4.78 is 18.1. The minimum Gasteiger partial charge on any atom is -0.496 e. The van der Waals surface area contributed by atoms with Crippen LogP contribution in [0.25, 0.3) is 0 Å². The molecule has 110 valence electrons. The highest BCUT2D eigenvalue weighted by atomic mass is 19.1. The molecule has 2 N–H and O–H groups in total. The largest absolute Gasteiger partial charge is 0.496 e. The first-order valence-electron chi connectivity index (χ1n) is 6.52. The smallest absolute Gasteiger partial charge is 0.123 e. The molecule has 0 aliphatic carbocycles. The molecule has 1 atom stereocenters. The van der Waals surface area contributed by atoms with Crippen molar-refractivity contribution >= 4 is 0 Å². The molecule has 0 aliphatic heterocycles. The van der Waals surface area contributed by atoms with Crippen LogP contribution in [0.2, 0.25) is 0 Å². The number of methoxy groups -OCH3 is 1. The van der Waals surface area contributed by atoms with Crippen LogP contribution in [0.4, 0.5) is 4.39 Å². The third-order valence-corrected chi connectivity index (χ3v) is 2.50. The summed E-state index contributed by atoms with van der Waals surface area (Å²) in [6.45, 7) is 5.71. The van der Waals surface area contributed by atoms with E-state index in [1.165, 1.54) is 13.0 Å². The van der Waals surface area contributed by atoms with E-state index in [-0.39, 0.29) is 12.4 Å². The summed E-state index contributed by atoms with van der Waals surface area (Å²) >= 11 is 0. The van der Waals surface area contributed by atoms with Gasteiger partial charge in [-0.2, -0.15) is 0 Å². The fourth-order valence-electron chi connectivity index (χ4n) is 1.39. The number of hydrogen-bond donors (Lipinski definition) is 2. The van der Waals surface area contributed by atoms with Gasteiger partial charge in [-0.1, -0.05) is 13.8 Å². The second-order valence-electron chi connectivity index (χ2n) is 4.92. The Hall–Kier alpha value is -1.13. The van der Waals surface area contributed by atoms with Crippen molar-refractivity contribution in [3.63, 3.8) is 0 Å². The van der Waals surface area contributed by atoms with Crippen molar-refractivity contribution in [1.29, 1.82) is 0 Å². The van der Waals surface area contributed by atoms with Gasteiger partial charge in [0.2, 0.25) is 0 Å². The van der Waals surface area contributed by atoms with Crippen molar-refractivity contribution in [1.82, 2.24) is 0 Å². The maximum Gasteiger partial charge on any atom is 0.123 e. The second-order valence-corrected chi connectivity index (χ2v) is 4.92. The van der Waals surface area contributed by atoms with Gasteiger partial charge in [-0.05, 0) is 49.4 Å². The first-order chi connectivity index (χ1) is 8.90. The number of benzene rings is 1. The molecule has 0 amide bonds. The monoisotopic (exact) mass is 272 g/mol. The third kappa shape index (κ3) is 8.56. The summed E-state index contributed by atoms with van der Waals surface area (Å²) in [5.41, 5.74) is 0.959. The predicted molar refractivity (Wildman–Crippen MR) is 74.9 cm³/mol. The normalized spacial score (nSPS) is 11.8. The van der Waals surface area contributed by atoms with E-state index in [9.17, 15) is 4.39 Å². The van der Waals surface area contributed by atoms with Gasteiger partial charge >= 0.3 is 0 Å². The van der Waals surface area contributed by atoms with Crippen LogP contribution in [-0.2, 0) is 6.42 Å². The first-order valence-corrected chi connectivity index (χ1v) is 6.52. The van der Waals surface area contributed by atoms with Crippen molar-refractivity contribution in [3.8, 4) is 5.75 Å². The summed E-state index contributed by atoms with van der Waals surface area (Å²) in [6, 6.07) is 4.67. The lowest BCUT2D eigenvalue weighted by molar-refractivity contribution is 0.110. The average Bonchev–Trinajstić information content (AvgIpc) is 2.37. The van der Waals surface area contributed by atoms with Gasteiger partial charge in [-0.15, -0.1) is 0 Å². The number of hydrogen-bond acceptors (Lipinski definition) is 3. The van der Waals surface area contributed by atoms with Crippen LogP contribution in [0, 0.1) is 11.7 Å². The molecule has 1 aromatic rings. The van der Waals surface area contributed by atoms with Crippen LogP contribution in [0.1, 0.15) is 32.8 Å². The average molecular weight is 272 g/mol. The Morgan fingerprint density at radius 2 is 1.84 bits per heavy atom. The highest BCUT2D eigenvalue weighted by molar-refractivity contribution is 5.33. The van der Waals surface area contributed by atoms with Crippen molar-refractivity contribution in [3.05, 3.63) is 29.6 Å². The second kappa shape index (κ2) is 9.75. The number of aliphatic hydroxyl groups excluding tert-OH is 2. The summed E-state index contributed by atoms with van der Waals surface area (Å²) in [4.78, 5) is 0. The van der Waals surface area contributed by atoms with Crippen LogP contribution in [0.15, 0.2) is 18.2 Å². The molecule has 0 spiro atoms. The Morgan fingerprint density at radius 1 is 1.26 bits per heavy atom. The quantitative estimate of drug-likeness (QED) is 0.866. The van der Waals surface area contributed by atoms with Crippen LogP contribution in [-0.4, -0.2) is 30.0 Å². The fraction of sp³-hybridized carbons (Fsp3) is 0.600. The topological polar surface area (TPSA) is 49.7 Å². The van der Waals surface area contributed by atoms with E-state index >= 15 is 0 Å². The summed E-state index contributed by atoms with van der Waals surface area (Å²) in [5.74, 6) is 1.22. The Labute approximate surface area is 115 Å². The van der Waals surface area contributed by atoms with Gasteiger partial charge in [0.1, 0.15) is 11.6 Å². The van der Waals surface area contributed by atoms with Crippen molar-refractivity contribution < 1.29 is 19.3 Å².